The Morgan fingerprint density at radius 1 is 1.22 bits per heavy atom. The molecule has 2 aromatic rings. The quantitative estimate of drug-likeness (QED) is 0.548. The fourth-order valence-electron chi connectivity index (χ4n) is 2.77. The summed E-state index contributed by atoms with van der Waals surface area (Å²) in [5.74, 6) is 1.12. The second kappa shape index (κ2) is 8.39. The Hall–Kier alpha value is -3.29. The number of rotatable bonds is 7. The number of likely N-dealkylation sites (N-methyl/N-ethyl adjacent to an activating group) is 1. The van der Waals surface area contributed by atoms with Crippen molar-refractivity contribution in [3.8, 4) is 17.2 Å². The van der Waals surface area contributed by atoms with E-state index >= 15 is 0 Å². The predicted octanol–water partition coefficient (Wildman–Crippen LogP) is 2.66. The smallest absolute Gasteiger partial charge is 0.310 e. The van der Waals surface area contributed by atoms with E-state index in [4.69, 9.17) is 14.2 Å². The van der Waals surface area contributed by atoms with Crippen molar-refractivity contribution in [3.63, 3.8) is 0 Å². The summed E-state index contributed by atoms with van der Waals surface area (Å²) in [5.41, 5.74) is -0.172. The van der Waals surface area contributed by atoms with Gasteiger partial charge in [-0.15, -0.1) is 0 Å². The van der Waals surface area contributed by atoms with Crippen LogP contribution in [0.2, 0.25) is 0 Å². The summed E-state index contributed by atoms with van der Waals surface area (Å²) in [6, 6.07) is 13.3. The molecule has 1 atom stereocenters. The van der Waals surface area contributed by atoms with Crippen LogP contribution in [-0.4, -0.2) is 48.1 Å². The Kier molecular flexibility index (Phi) is 5.75. The first-order valence-electron chi connectivity index (χ1n) is 8.61. The molecule has 0 saturated heterocycles. The maximum atomic E-state index is 12.5. The van der Waals surface area contributed by atoms with Crippen molar-refractivity contribution in [2.75, 3.05) is 26.3 Å². The van der Waals surface area contributed by atoms with Gasteiger partial charge in [-0.25, -0.2) is 0 Å². The van der Waals surface area contributed by atoms with Gasteiger partial charge in [0.1, 0.15) is 6.61 Å². The fourth-order valence-corrected chi connectivity index (χ4v) is 2.77. The van der Waals surface area contributed by atoms with Gasteiger partial charge < -0.3 is 19.1 Å². The number of carbonyl (C=O) groups excluding carboxylic acids is 1. The minimum absolute atomic E-state index is 0.0677. The Balaban J connectivity index is 1.58. The molecule has 8 heteroatoms. The summed E-state index contributed by atoms with van der Waals surface area (Å²) in [7, 11) is 0. The molecule has 0 unspecified atom stereocenters. The average molecular weight is 372 g/mol. The topological polar surface area (TPSA) is 91.1 Å². The van der Waals surface area contributed by atoms with E-state index < -0.39 is 4.92 Å². The number of hydrogen-bond acceptors (Lipinski definition) is 6. The standard InChI is InChI=1S/C19H20N2O6/c1-2-20(11-14-12-25-17-9-5-6-10-18(17)27-14)19(22)13-26-16-8-4-3-7-15(16)21(23)24/h3-10,14H,2,11-13H2,1H3/t14-/m0/s1. The van der Waals surface area contributed by atoms with E-state index in [9.17, 15) is 14.9 Å². The summed E-state index contributed by atoms with van der Waals surface area (Å²) in [5, 5.41) is 11.0. The van der Waals surface area contributed by atoms with Gasteiger partial charge in [0.2, 0.25) is 0 Å². The molecule has 0 spiro atoms. The maximum absolute atomic E-state index is 12.5. The van der Waals surface area contributed by atoms with Gasteiger partial charge in [-0.2, -0.15) is 0 Å². The van der Waals surface area contributed by atoms with Crippen molar-refractivity contribution in [2.24, 2.45) is 0 Å². The first-order chi connectivity index (χ1) is 13.1. The summed E-state index contributed by atoms with van der Waals surface area (Å²) in [4.78, 5) is 24.5. The van der Waals surface area contributed by atoms with Gasteiger partial charge in [0.05, 0.1) is 11.5 Å². The Morgan fingerprint density at radius 3 is 2.67 bits per heavy atom. The average Bonchev–Trinajstić information content (AvgIpc) is 2.70. The van der Waals surface area contributed by atoms with Crippen LogP contribution in [0.5, 0.6) is 17.2 Å². The molecular formula is C19H20N2O6. The third kappa shape index (κ3) is 4.46. The lowest BCUT2D eigenvalue weighted by atomic mass is 10.2. The highest BCUT2D eigenvalue weighted by Gasteiger charge is 2.25. The highest BCUT2D eigenvalue weighted by Crippen LogP contribution is 2.31. The molecule has 0 aliphatic carbocycles. The molecule has 1 aliphatic heterocycles. The zero-order valence-corrected chi connectivity index (χ0v) is 14.9. The van der Waals surface area contributed by atoms with E-state index in [2.05, 4.69) is 0 Å². The van der Waals surface area contributed by atoms with Crippen LogP contribution in [0.1, 0.15) is 6.92 Å². The van der Waals surface area contributed by atoms with E-state index in [1.807, 2.05) is 31.2 Å². The van der Waals surface area contributed by atoms with Crippen molar-refractivity contribution >= 4 is 11.6 Å². The van der Waals surface area contributed by atoms with Crippen LogP contribution in [-0.2, 0) is 4.79 Å². The second-order valence-electron chi connectivity index (χ2n) is 5.94. The largest absolute Gasteiger partial charge is 0.486 e. The van der Waals surface area contributed by atoms with E-state index in [0.29, 0.717) is 31.2 Å². The van der Waals surface area contributed by atoms with Crippen LogP contribution in [0.25, 0.3) is 0 Å². The molecule has 1 amide bonds. The number of nitrogens with zero attached hydrogens (tertiary/aromatic N) is 2. The van der Waals surface area contributed by atoms with Crippen molar-refractivity contribution in [3.05, 3.63) is 58.6 Å². The number of ether oxygens (including phenoxy) is 3. The van der Waals surface area contributed by atoms with Crippen molar-refractivity contribution in [2.45, 2.75) is 13.0 Å². The van der Waals surface area contributed by atoms with Gasteiger partial charge in [0.15, 0.2) is 30.0 Å². The molecule has 0 N–H and O–H groups in total. The zero-order chi connectivity index (χ0) is 19.2. The Morgan fingerprint density at radius 2 is 1.93 bits per heavy atom. The lowest BCUT2D eigenvalue weighted by Gasteiger charge is -2.30. The highest BCUT2D eigenvalue weighted by molar-refractivity contribution is 5.78. The number of fused-ring (bicyclic) bond motifs is 1. The van der Waals surface area contributed by atoms with Gasteiger partial charge in [0, 0.05) is 12.6 Å². The molecule has 0 bridgehead atoms. The number of amides is 1. The molecule has 1 heterocycles. The molecule has 27 heavy (non-hydrogen) atoms. The van der Waals surface area contributed by atoms with Gasteiger partial charge in [-0.1, -0.05) is 24.3 Å². The van der Waals surface area contributed by atoms with E-state index in [1.165, 1.54) is 12.1 Å². The van der Waals surface area contributed by atoms with Crippen LogP contribution in [0.4, 0.5) is 5.69 Å². The third-order valence-corrected chi connectivity index (χ3v) is 4.14. The molecule has 0 aromatic heterocycles. The Bertz CT molecular complexity index is 825. The number of para-hydroxylation sites is 4. The summed E-state index contributed by atoms with van der Waals surface area (Å²) < 4.78 is 16.9. The predicted molar refractivity (Wildman–Crippen MR) is 97.2 cm³/mol. The van der Waals surface area contributed by atoms with Crippen molar-refractivity contribution in [1.29, 1.82) is 0 Å². The van der Waals surface area contributed by atoms with Crippen LogP contribution in [0.15, 0.2) is 48.5 Å². The minimum atomic E-state index is -0.540. The molecule has 0 fully saturated rings. The summed E-state index contributed by atoms with van der Waals surface area (Å²) in [6.07, 6.45) is -0.296. The first-order valence-corrected chi connectivity index (χ1v) is 8.61. The number of hydrogen-bond donors (Lipinski definition) is 0. The fraction of sp³-hybridized carbons (Fsp3) is 0.316. The second-order valence-corrected chi connectivity index (χ2v) is 5.94. The monoisotopic (exact) mass is 372 g/mol. The minimum Gasteiger partial charge on any atom is -0.486 e. The number of nitro groups is 1. The zero-order valence-electron chi connectivity index (χ0n) is 14.9. The maximum Gasteiger partial charge on any atom is 0.310 e. The van der Waals surface area contributed by atoms with Gasteiger partial charge in [0.25, 0.3) is 5.91 Å². The van der Waals surface area contributed by atoms with Crippen LogP contribution in [0, 0.1) is 10.1 Å². The van der Waals surface area contributed by atoms with Gasteiger partial charge in [-0.3, -0.25) is 14.9 Å². The lowest BCUT2D eigenvalue weighted by molar-refractivity contribution is -0.385. The van der Waals surface area contributed by atoms with E-state index in [1.54, 1.807) is 17.0 Å². The molecule has 0 saturated carbocycles. The van der Waals surface area contributed by atoms with Crippen molar-refractivity contribution < 1.29 is 23.9 Å². The number of benzene rings is 2. The molecular weight excluding hydrogens is 352 g/mol. The summed E-state index contributed by atoms with van der Waals surface area (Å²) in [6.45, 7) is 2.69. The molecule has 142 valence electrons. The van der Waals surface area contributed by atoms with Gasteiger partial charge in [-0.05, 0) is 25.1 Å². The Labute approximate surface area is 156 Å². The number of nitro benzene ring substituents is 1. The number of carbonyl (C=O) groups is 1. The highest BCUT2D eigenvalue weighted by atomic mass is 16.6. The molecule has 8 nitrogen and oxygen atoms in total. The van der Waals surface area contributed by atoms with Crippen LogP contribution >= 0.6 is 0 Å². The van der Waals surface area contributed by atoms with E-state index in [0.717, 1.165) is 0 Å². The normalized spacial score (nSPS) is 15.1. The third-order valence-electron chi connectivity index (χ3n) is 4.14. The molecule has 0 radical (unpaired) electrons. The molecule has 3 rings (SSSR count). The van der Waals surface area contributed by atoms with Crippen LogP contribution < -0.4 is 14.2 Å². The van der Waals surface area contributed by atoms with Crippen molar-refractivity contribution in [1.82, 2.24) is 4.90 Å². The SMILES string of the molecule is CCN(C[C@H]1COc2ccccc2O1)C(=O)COc1ccccc1[N+](=O)[O-]. The lowest BCUT2D eigenvalue weighted by Crippen LogP contribution is -2.45. The van der Waals surface area contributed by atoms with Crippen LogP contribution in [0.3, 0.4) is 0 Å². The van der Waals surface area contributed by atoms with Gasteiger partial charge >= 0.3 is 5.69 Å². The molecule has 2 aromatic carbocycles. The molecule has 1 aliphatic rings. The summed E-state index contributed by atoms with van der Waals surface area (Å²) >= 11 is 0. The first kappa shape index (κ1) is 18.5. The van der Waals surface area contributed by atoms with E-state index in [-0.39, 0.29) is 30.1 Å².